The zero-order chi connectivity index (χ0) is 18.1. The summed E-state index contributed by atoms with van der Waals surface area (Å²) in [5.41, 5.74) is -0.0841. The second kappa shape index (κ2) is 6.25. The molecule has 2 heterocycles. The molecule has 1 aliphatic heterocycles. The van der Waals surface area contributed by atoms with Crippen molar-refractivity contribution in [2.75, 3.05) is 0 Å². The van der Waals surface area contributed by atoms with Crippen molar-refractivity contribution >= 4 is 41.5 Å². The second-order valence-electron chi connectivity index (χ2n) is 4.99. The molecule has 1 aromatic carbocycles. The molecule has 0 saturated carbocycles. The van der Waals surface area contributed by atoms with E-state index in [0.29, 0.717) is 5.02 Å². The van der Waals surface area contributed by atoms with Crippen LogP contribution in [-0.2, 0) is 9.59 Å². The summed E-state index contributed by atoms with van der Waals surface area (Å²) in [4.78, 5) is 45.7. The van der Waals surface area contributed by atoms with Crippen molar-refractivity contribution in [2.45, 2.75) is 0 Å². The molecule has 0 atom stereocenters. The number of hydrogen-bond acceptors (Lipinski definition) is 5. The van der Waals surface area contributed by atoms with Crippen LogP contribution in [-0.4, -0.2) is 28.9 Å². The second-order valence-corrected chi connectivity index (χ2v) is 5.43. The number of carbonyl (C=O) groups excluding carboxylic acids is 3. The quantitative estimate of drug-likeness (QED) is 0.568. The summed E-state index contributed by atoms with van der Waals surface area (Å²) in [5.74, 6) is -2.56. The Morgan fingerprint density at radius 1 is 1.08 bits per heavy atom. The summed E-state index contributed by atoms with van der Waals surface area (Å²) < 4.78 is 5.50. The first-order valence-electron chi connectivity index (χ1n) is 6.86. The van der Waals surface area contributed by atoms with Gasteiger partial charge in [0.1, 0.15) is 17.1 Å². The van der Waals surface area contributed by atoms with Crippen molar-refractivity contribution in [1.82, 2.24) is 10.6 Å². The van der Waals surface area contributed by atoms with Gasteiger partial charge in [0.25, 0.3) is 11.8 Å². The maximum atomic E-state index is 11.7. The van der Waals surface area contributed by atoms with Gasteiger partial charge in [-0.3, -0.25) is 20.2 Å². The smallest absolute Gasteiger partial charge is 0.336 e. The number of halogens is 1. The van der Waals surface area contributed by atoms with Crippen LogP contribution in [0.1, 0.15) is 16.1 Å². The molecule has 0 unspecified atom stereocenters. The summed E-state index contributed by atoms with van der Waals surface area (Å²) in [6.07, 6.45) is 1.14. The molecule has 25 heavy (non-hydrogen) atoms. The van der Waals surface area contributed by atoms with Gasteiger partial charge < -0.3 is 9.52 Å². The van der Waals surface area contributed by atoms with Gasteiger partial charge in [-0.25, -0.2) is 9.59 Å². The number of nitrogens with one attached hydrogen (secondary N) is 2. The lowest BCUT2D eigenvalue weighted by molar-refractivity contribution is -0.123. The van der Waals surface area contributed by atoms with Gasteiger partial charge in [-0.1, -0.05) is 11.6 Å². The molecule has 0 spiro atoms. The highest BCUT2D eigenvalue weighted by Crippen LogP contribution is 2.29. The van der Waals surface area contributed by atoms with Crippen LogP contribution in [0.15, 0.2) is 40.3 Å². The Morgan fingerprint density at radius 2 is 1.76 bits per heavy atom. The minimum absolute atomic E-state index is 0.0169. The Labute approximate surface area is 145 Å². The third-order valence-corrected chi connectivity index (χ3v) is 3.57. The number of urea groups is 1. The number of imide groups is 2. The van der Waals surface area contributed by atoms with Gasteiger partial charge in [0.05, 0.1) is 5.56 Å². The fourth-order valence-corrected chi connectivity index (χ4v) is 2.40. The Kier molecular flexibility index (Phi) is 4.12. The van der Waals surface area contributed by atoms with E-state index in [1.54, 1.807) is 0 Å². The van der Waals surface area contributed by atoms with E-state index in [1.807, 2.05) is 10.6 Å². The van der Waals surface area contributed by atoms with E-state index in [-0.39, 0.29) is 28.2 Å². The molecule has 1 saturated heterocycles. The molecule has 2 aromatic rings. The number of amides is 4. The van der Waals surface area contributed by atoms with Gasteiger partial charge in [0.15, 0.2) is 0 Å². The van der Waals surface area contributed by atoms with Crippen LogP contribution >= 0.6 is 11.6 Å². The molecule has 8 nitrogen and oxygen atoms in total. The number of benzene rings is 1. The van der Waals surface area contributed by atoms with Crippen molar-refractivity contribution in [1.29, 1.82) is 0 Å². The highest BCUT2D eigenvalue weighted by molar-refractivity contribution is 6.31. The summed E-state index contributed by atoms with van der Waals surface area (Å²) in [7, 11) is 0. The topological polar surface area (TPSA) is 126 Å². The van der Waals surface area contributed by atoms with Gasteiger partial charge >= 0.3 is 12.0 Å². The van der Waals surface area contributed by atoms with Gasteiger partial charge in [-0.05, 0) is 36.4 Å². The first-order valence-corrected chi connectivity index (χ1v) is 7.24. The zero-order valence-electron chi connectivity index (χ0n) is 12.3. The molecule has 3 rings (SSSR count). The van der Waals surface area contributed by atoms with Crippen molar-refractivity contribution < 1.29 is 28.7 Å². The number of rotatable bonds is 3. The van der Waals surface area contributed by atoms with E-state index < -0.39 is 23.8 Å². The highest BCUT2D eigenvalue weighted by Gasteiger charge is 2.28. The molecule has 0 aliphatic carbocycles. The number of carboxylic acids is 1. The summed E-state index contributed by atoms with van der Waals surface area (Å²) in [6, 6.07) is 6.24. The Bertz CT molecular complexity index is 937. The van der Waals surface area contributed by atoms with Crippen LogP contribution in [0.25, 0.3) is 17.4 Å². The fraction of sp³-hybridized carbons (Fsp3) is 0. The normalized spacial score (nSPS) is 14.1. The largest absolute Gasteiger partial charge is 0.478 e. The van der Waals surface area contributed by atoms with Crippen LogP contribution in [0.2, 0.25) is 5.02 Å². The molecule has 3 N–H and O–H groups in total. The van der Waals surface area contributed by atoms with Crippen LogP contribution in [0.5, 0.6) is 0 Å². The predicted octanol–water partition coefficient (Wildman–Crippen LogP) is 2.05. The molecular formula is C16H9ClN2O6. The summed E-state index contributed by atoms with van der Waals surface area (Å²) in [6.45, 7) is 0. The molecule has 4 amide bonds. The lowest BCUT2D eigenvalue weighted by Gasteiger charge is -2.13. The monoisotopic (exact) mass is 360 g/mol. The number of hydrogen-bond donors (Lipinski definition) is 3. The number of carboxylic acid groups (broad SMARTS) is 1. The van der Waals surface area contributed by atoms with Crippen molar-refractivity contribution in [2.24, 2.45) is 0 Å². The maximum Gasteiger partial charge on any atom is 0.336 e. The molecule has 1 aliphatic rings. The first kappa shape index (κ1) is 16.5. The molecule has 1 fully saturated rings. The SMILES string of the molecule is O=C1NC(=O)C(=Cc2ccc(-c3cc(Cl)ccc3C(=O)O)o2)C(=O)N1. The van der Waals surface area contributed by atoms with E-state index in [4.69, 9.17) is 16.0 Å². The standard InChI is InChI=1S/C16H9ClN2O6/c17-7-1-3-9(15(22)23)10(5-7)12-4-2-8(25-12)6-11-13(20)18-16(24)19-14(11)21/h1-6H,(H,22,23)(H2,18,19,20,21,24). The molecule has 1 aromatic heterocycles. The predicted molar refractivity (Wildman–Crippen MR) is 85.8 cm³/mol. The minimum atomic E-state index is -1.16. The Hall–Kier alpha value is -3.39. The minimum Gasteiger partial charge on any atom is -0.478 e. The van der Waals surface area contributed by atoms with Gasteiger partial charge in [-0.2, -0.15) is 0 Å². The van der Waals surface area contributed by atoms with E-state index in [1.165, 1.54) is 30.3 Å². The van der Waals surface area contributed by atoms with E-state index >= 15 is 0 Å². The van der Waals surface area contributed by atoms with Crippen LogP contribution in [0.3, 0.4) is 0 Å². The maximum absolute atomic E-state index is 11.7. The van der Waals surface area contributed by atoms with Gasteiger partial charge in [0, 0.05) is 10.6 Å². The molecule has 126 valence electrons. The number of furan rings is 1. The first-order chi connectivity index (χ1) is 11.8. The van der Waals surface area contributed by atoms with Gasteiger partial charge in [0.2, 0.25) is 0 Å². The van der Waals surface area contributed by atoms with Crippen LogP contribution in [0, 0.1) is 0 Å². The van der Waals surface area contributed by atoms with E-state index in [0.717, 1.165) is 6.08 Å². The number of barbiturate groups is 1. The molecule has 0 bridgehead atoms. The number of carbonyl (C=O) groups is 4. The van der Waals surface area contributed by atoms with Crippen LogP contribution in [0.4, 0.5) is 4.79 Å². The van der Waals surface area contributed by atoms with Crippen molar-refractivity contribution in [3.8, 4) is 11.3 Å². The van der Waals surface area contributed by atoms with E-state index in [9.17, 15) is 24.3 Å². The third kappa shape index (κ3) is 3.29. The lowest BCUT2D eigenvalue weighted by Crippen LogP contribution is -2.51. The average Bonchev–Trinajstić information content (AvgIpc) is 2.99. The number of aromatic carboxylic acids is 1. The average molecular weight is 361 g/mol. The molecule has 9 heteroatoms. The third-order valence-electron chi connectivity index (χ3n) is 3.33. The highest BCUT2D eigenvalue weighted by atomic mass is 35.5. The zero-order valence-corrected chi connectivity index (χ0v) is 13.1. The molecular weight excluding hydrogens is 352 g/mol. The summed E-state index contributed by atoms with van der Waals surface area (Å²) >= 11 is 5.90. The Morgan fingerprint density at radius 3 is 2.40 bits per heavy atom. The van der Waals surface area contributed by atoms with Crippen LogP contribution < -0.4 is 10.6 Å². The van der Waals surface area contributed by atoms with Crippen molar-refractivity contribution in [3.05, 3.63) is 52.3 Å². The summed E-state index contributed by atoms with van der Waals surface area (Å²) in [5, 5.41) is 13.4. The van der Waals surface area contributed by atoms with E-state index in [2.05, 4.69) is 0 Å². The lowest BCUT2D eigenvalue weighted by atomic mass is 10.1. The van der Waals surface area contributed by atoms with Gasteiger partial charge in [-0.15, -0.1) is 0 Å². The van der Waals surface area contributed by atoms with Crippen molar-refractivity contribution in [3.63, 3.8) is 0 Å². The fourth-order valence-electron chi connectivity index (χ4n) is 2.23. The molecule has 0 radical (unpaired) electrons. The Balaban J connectivity index is 1.99.